The molecule has 0 unspecified atom stereocenters. The molecule has 2 fully saturated rings. The van der Waals surface area contributed by atoms with E-state index in [9.17, 15) is 4.79 Å². The molecule has 1 amide bonds. The summed E-state index contributed by atoms with van der Waals surface area (Å²) in [4.78, 5) is 12.7. The minimum absolute atomic E-state index is 0.116. The second-order valence-electron chi connectivity index (χ2n) is 8.22. The molecule has 1 aromatic heterocycles. The fourth-order valence-corrected chi connectivity index (χ4v) is 4.51. The summed E-state index contributed by atoms with van der Waals surface area (Å²) in [6.45, 7) is 4.16. The molecule has 2 aliphatic rings. The highest BCUT2D eigenvalue weighted by Gasteiger charge is 2.32. The number of hydrogen-bond donors (Lipinski definition) is 1. The third kappa shape index (κ3) is 3.53. The Morgan fingerprint density at radius 1 is 1.14 bits per heavy atom. The molecule has 29 heavy (non-hydrogen) atoms. The summed E-state index contributed by atoms with van der Waals surface area (Å²) < 4.78 is 3.54. The maximum absolute atomic E-state index is 12.7. The molecule has 1 saturated heterocycles. The molecule has 2 heterocycles. The molecule has 0 atom stereocenters. The van der Waals surface area contributed by atoms with Crippen LogP contribution in [0.1, 0.15) is 47.6 Å². The van der Waals surface area contributed by atoms with E-state index in [1.165, 1.54) is 9.94 Å². The van der Waals surface area contributed by atoms with E-state index in [0.29, 0.717) is 11.6 Å². The lowest BCUT2D eigenvalue weighted by molar-refractivity contribution is 0.0857. The van der Waals surface area contributed by atoms with Gasteiger partial charge in [0.1, 0.15) is 0 Å². The third-order valence-electron chi connectivity index (χ3n) is 6.11. The standard InChI is InChI=1S/C23H25ClN4O/c1-15-2-3-17(23(29)27(24)19-5-6-19)13-21(15)16-4-7-22-18(12-16)14-26-28(22)20-8-10-25-11-9-20/h2-4,7,12-14,19-20,25H,5-6,8-11H2,1H3. The molecule has 5 nitrogen and oxygen atoms in total. The molecule has 0 radical (unpaired) electrons. The summed E-state index contributed by atoms with van der Waals surface area (Å²) in [6, 6.07) is 13.0. The van der Waals surface area contributed by atoms with Gasteiger partial charge in [0.15, 0.2) is 0 Å². The number of amides is 1. The van der Waals surface area contributed by atoms with E-state index in [1.807, 2.05) is 24.4 Å². The molecule has 5 rings (SSSR count). The third-order valence-corrected chi connectivity index (χ3v) is 6.54. The quantitative estimate of drug-likeness (QED) is 0.637. The van der Waals surface area contributed by atoms with Crippen LogP contribution >= 0.6 is 11.8 Å². The molecule has 1 aliphatic heterocycles. The van der Waals surface area contributed by atoms with Gasteiger partial charge in [-0.2, -0.15) is 5.10 Å². The second-order valence-corrected chi connectivity index (χ2v) is 8.59. The monoisotopic (exact) mass is 408 g/mol. The van der Waals surface area contributed by atoms with Crippen molar-refractivity contribution in [1.82, 2.24) is 19.5 Å². The molecule has 1 saturated carbocycles. The zero-order valence-electron chi connectivity index (χ0n) is 16.6. The first-order valence-corrected chi connectivity index (χ1v) is 10.7. The van der Waals surface area contributed by atoms with Gasteiger partial charge in [-0.05, 0) is 86.7 Å². The van der Waals surface area contributed by atoms with Gasteiger partial charge in [0.25, 0.3) is 5.91 Å². The maximum Gasteiger partial charge on any atom is 0.268 e. The van der Waals surface area contributed by atoms with E-state index >= 15 is 0 Å². The Bertz CT molecular complexity index is 1070. The number of aryl methyl sites for hydroxylation is 1. The highest BCUT2D eigenvalue weighted by molar-refractivity contribution is 6.24. The molecule has 2 aromatic carbocycles. The SMILES string of the molecule is Cc1ccc(C(=O)N(Cl)C2CC2)cc1-c1ccc2c(cnn2C2CCNCC2)c1. The Balaban J connectivity index is 1.48. The van der Waals surface area contributed by atoms with E-state index in [-0.39, 0.29) is 11.9 Å². The lowest BCUT2D eigenvalue weighted by Gasteiger charge is -2.23. The van der Waals surface area contributed by atoms with Crippen LogP contribution in [0.2, 0.25) is 0 Å². The van der Waals surface area contributed by atoms with Crippen LogP contribution < -0.4 is 5.32 Å². The normalized spacial score (nSPS) is 17.6. The van der Waals surface area contributed by atoms with E-state index in [2.05, 4.69) is 40.2 Å². The molecular weight excluding hydrogens is 384 g/mol. The van der Waals surface area contributed by atoms with Crippen LogP contribution in [0, 0.1) is 6.92 Å². The summed E-state index contributed by atoms with van der Waals surface area (Å²) >= 11 is 6.22. The molecule has 3 aromatic rings. The van der Waals surface area contributed by atoms with Gasteiger partial charge in [0.05, 0.1) is 17.8 Å². The van der Waals surface area contributed by atoms with Crippen molar-refractivity contribution in [2.24, 2.45) is 0 Å². The van der Waals surface area contributed by atoms with Gasteiger partial charge in [0, 0.05) is 28.8 Å². The molecule has 150 valence electrons. The van der Waals surface area contributed by atoms with Gasteiger partial charge >= 0.3 is 0 Å². The summed E-state index contributed by atoms with van der Waals surface area (Å²) in [5.41, 5.74) is 5.11. The van der Waals surface area contributed by atoms with E-state index in [0.717, 1.165) is 60.8 Å². The summed E-state index contributed by atoms with van der Waals surface area (Å²) in [5, 5.41) is 9.23. The topological polar surface area (TPSA) is 50.2 Å². The fraction of sp³-hybridized carbons (Fsp3) is 0.391. The molecule has 0 bridgehead atoms. The average molecular weight is 409 g/mol. The highest BCUT2D eigenvalue weighted by atomic mass is 35.5. The molecule has 6 heteroatoms. The van der Waals surface area contributed by atoms with Crippen molar-refractivity contribution in [3.63, 3.8) is 0 Å². The van der Waals surface area contributed by atoms with Crippen LogP contribution in [0.5, 0.6) is 0 Å². The van der Waals surface area contributed by atoms with Crippen molar-refractivity contribution in [1.29, 1.82) is 0 Å². The molecule has 1 N–H and O–H groups in total. The number of carbonyl (C=O) groups excluding carboxylic acids is 1. The zero-order chi connectivity index (χ0) is 20.0. The minimum atomic E-state index is -0.116. The maximum atomic E-state index is 12.7. The molecule has 1 aliphatic carbocycles. The predicted octanol–water partition coefficient (Wildman–Crippen LogP) is 4.69. The van der Waals surface area contributed by atoms with Crippen LogP contribution in [0.4, 0.5) is 0 Å². The Kier molecular flexibility index (Phi) is 4.80. The van der Waals surface area contributed by atoms with Crippen molar-refractivity contribution < 1.29 is 4.79 Å². The number of hydrogen-bond acceptors (Lipinski definition) is 3. The highest BCUT2D eigenvalue weighted by Crippen LogP contribution is 2.33. The number of halogens is 1. The van der Waals surface area contributed by atoms with Crippen molar-refractivity contribution in [2.75, 3.05) is 13.1 Å². The van der Waals surface area contributed by atoms with Gasteiger partial charge in [-0.25, -0.2) is 4.42 Å². The van der Waals surface area contributed by atoms with E-state index in [4.69, 9.17) is 11.8 Å². The van der Waals surface area contributed by atoms with Crippen molar-refractivity contribution in [3.8, 4) is 11.1 Å². The number of nitrogens with one attached hydrogen (secondary N) is 1. The van der Waals surface area contributed by atoms with Gasteiger partial charge in [-0.15, -0.1) is 0 Å². The van der Waals surface area contributed by atoms with Crippen LogP contribution in [0.25, 0.3) is 22.0 Å². The second kappa shape index (κ2) is 7.47. The van der Waals surface area contributed by atoms with Crippen molar-refractivity contribution >= 4 is 28.6 Å². The molecule has 0 spiro atoms. The number of fused-ring (bicyclic) bond motifs is 1. The number of benzene rings is 2. The number of aromatic nitrogens is 2. The van der Waals surface area contributed by atoms with Crippen LogP contribution in [-0.2, 0) is 0 Å². The fourth-order valence-electron chi connectivity index (χ4n) is 4.22. The first-order valence-electron chi connectivity index (χ1n) is 10.4. The Hall–Kier alpha value is -2.37. The number of nitrogens with zero attached hydrogens (tertiary/aromatic N) is 3. The van der Waals surface area contributed by atoms with Crippen LogP contribution in [0.3, 0.4) is 0 Å². The largest absolute Gasteiger partial charge is 0.317 e. The first-order chi connectivity index (χ1) is 14.1. The lowest BCUT2D eigenvalue weighted by atomic mass is 9.97. The lowest BCUT2D eigenvalue weighted by Crippen LogP contribution is -2.29. The summed E-state index contributed by atoms with van der Waals surface area (Å²) in [5.74, 6) is -0.116. The summed E-state index contributed by atoms with van der Waals surface area (Å²) in [6.07, 6.45) is 6.16. The van der Waals surface area contributed by atoms with Crippen molar-refractivity contribution in [2.45, 2.75) is 44.7 Å². The molecular formula is C23H25ClN4O. The van der Waals surface area contributed by atoms with E-state index < -0.39 is 0 Å². The number of piperidine rings is 1. The average Bonchev–Trinajstić information content (AvgIpc) is 3.52. The Morgan fingerprint density at radius 2 is 1.93 bits per heavy atom. The zero-order valence-corrected chi connectivity index (χ0v) is 17.3. The van der Waals surface area contributed by atoms with Crippen LogP contribution in [0.15, 0.2) is 42.6 Å². The van der Waals surface area contributed by atoms with Gasteiger partial charge in [0.2, 0.25) is 0 Å². The summed E-state index contributed by atoms with van der Waals surface area (Å²) in [7, 11) is 0. The van der Waals surface area contributed by atoms with Gasteiger partial charge in [-0.1, -0.05) is 12.1 Å². The Morgan fingerprint density at radius 3 is 2.69 bits per heavy atom. The minimum Gasteiger partial charge on any atom is -0.317 e. The predicted molar refractivity (Wildman–Crippen MR) is 116 cm³/mol. The number of rotatable bonds is 4. The van der Waals surface area contributed by atoms with E-state index in [1.54, 1.807) is 0 Å². The first kappa shape index (κ1) is 18.6. The van der Waals surface area contributed by atoms with Gasteiger partial charge < -0.3 is 5.32 Å². The number of carbonyl (C=O) groups is 1. The van der Waals surface area contributed by atoms with Gasteiger partial charge in [-0.3, -0.25) is 9.48 Å². The van der Waals surface area contributed by atoms with Crippen molar-refractivity contribution in [3.05, 3.63) is 53.7 Å². The Labute approximate surface area is 175 Å². The smallest absolute Gasteiger partial charge is 0.268 e. The van der Waals surface area contributed by atoms with Crippen LogP contribution in [-0.4, -0.2) is 39.2 Å².